The summed E-state index contributed by atoms with van der Waals surface area (Å²) in [5.74, 6) is 0.811. The van der Waals surface area contributed by atoms with Crippen LogP contribution in [0, 0.1) is 0 Å². The molecule has 0 saturated carbocycles. The average Bonchev–Trinajstić information content (AvgIpc) is 3.49. The summed E-state index contributed by atoms with van der Waals surface area (Å²) in [6, 6.07) is 23.8. The molecule has 5 aromatic rings. The second-order valence-corrected chi connectivity index (χ2v) is 8.55. The molecule has 3 N–H and O–H groups in total. The quantitative estimate of drug-likeness (QED) is 0.230. The number of carbonyl (C=O) groups excluding carboxylic acids is 1. The molecular weight excluding hydrogens is 491 g/mol. The zero-order chi connectivity index (χ0) is 23.7. The molecular formula is C25H16Cl2N4O2S. The van der Waals surface area contributed by atoms with E-state index in [1.165, 1.54) is 0 Å². The predicted molar refractivity (Wildman–Crippen MR) is 139 cm³/mol. The molecule has 6 nitrogen and oxygen atoms in total. The maximum atomic E-state index is 12.6. The van der Waals surface area contributed by atoms with E-state index in [1.807, 2.05) is 48.5 Å². The van der Waals surface area contributed by atoms with Gasteiger partial charge in [0.05, 0.1) is 21.1 Å². The van der Waals surface area contributed by atoms with Crippen molar-refractivity contribution in [3.8, 4) is 22.7 Å². The van der Waals surface area contributed by atoms with E-state index in [0.717, 1.165) is 28.1 Å². The van der Waals surface area contributed by atoms with Crippen molar-refractivity contribution < 1.29 is 9.21 Å². The van der Waals surface area contributed by atoms with Gasteiger partial charge < -0.3 is 14.7 Å². The van der Waals surface area contributed by atoms with Crippen molar-refractivity contribution in [1.82, 2.24) is 15.3 Å². The Hall–Kier alpha value is -3.65. The van der Waals surface area contributed by atoms with Gasteiger partial charge in [0.15, 0.2) is 10.9 Å². The lowest BCUT2D eigenvalue weighted by Gasteiger charge is -2.09. The fourth-order valence-electron chi connectivity index (χ4n) is 3.43. The fraction of sp³-hybridized carbons (Fsp3) is 0. The van der Waals surface area contributed by atoms with Gasteiger partial charge in [-0.05, 0) is 72.9 Å². The number of benzene rings is 3. The third-order valence-electron chi connectivity index (χ3n) is 5.08. The Bertz CT molecular complexity index is 1490. The normalized spacial score (nSPS) is 10.9. The van der Waals surface area contributed by atoms with E-state index in [9.17, 15) is 4.79 Å². The maximum absolute atomic E-state index is 12.6. The topological polar surface area (TPSA) is 83.0 Å². The number of halogens is 2. The second-order valence-electron chi connectivity index (χ2n) is 7.35. The molecule has 168 valence electrons. The van der Waals surface area contributed by atoms with Crippen LogP contribution in [0.5, 0.6) is 0 Å². The number of nitrogens with zero attached hydrogens (tertiary/aromatic N) is 1. The number of fused-ring (bicyclic) bond motifs is 1. The highest BCUT2D eigenvalue weighted by Crippen LogP contribution is 2.34. The minimum atomic E-state index is -0.485. The van der Waals surface area contributed by atoms with E-state index in [0.29, 0.717) is 21.4 Å². The van der Waals surface area contributed by atoms with Gasteiger partial charge in [0.1, 0.15) is 11.6 Å². The van der Waals surface area contributed by atoms with Gasteiger partial charge in [-0.3, -0.25) is 10.1 Å². The molecule has 0 saturated heterocycles. The van der Waals surface area contributed by atoms with Crippen LogP contribution in [-0.4, -0.2) is 21.0 Å². The maximum Gasteiger partial charge on any atom is 0.293 e. The molecule has 2 heterocycles. The first-order valence-corrected chi connectivity index (χ1v) is 11.4. The first-order chi connectivity index (χ1) is 16.5. The summed E-state index contributed by atoms with van der Waals surface area (Å²) in [7, 11) is 0. The standard InChI is InChI=1S/C25H16Cl2N4O2S/c26-17-5-3-4-16(22(17)27)20-12-13-21(33-20)24(32)31-25(34)28-15-10-8-14(9-11-15)23-29-18-6-1-2-7-19(18)30-23/h1-13H,(H,29,30)(H2,28,31,32,34). The molecule has 9 heteroatoms. The van der Waals surface area contributed by atoms with Gasteiger partial charge in [-0.2, -0.15) is 0 Å². The molecule has 0 aliphatic carbocycles. The molecule has 0 bridgehead atoms. The van der Waals surface area contributed by atoms with Gasteiger partial charge in [0.2, 0.25) is 0 Å². The Morgan fingerprint density at radius 2 is 1.74 bits per heavy atom. The number of anilines is 1. The van der Waals surface area contributed by atoms with E-state index in [1.54, 1.807) is 30.3 Å². The van der Waals surface area contributed by atoms with Crippen molar-refractivity contribution in [3.05, 3.63) is 94.7 Å². The number of H-pyrrole nitrogens is 1. The van der Waals surface area contributed by atoms with Gasteiger partial charge >= 0.3 is 0 Å². The number of aromatic amines is 1. The van der Waals surface area contributed by atoms with E-state index < -0.39 is 5.91 Å². The Morgan fingerprint density at radius 1 is 0.941 bits per heavy atom. The average molecular weight is 507 g/mol. The lowest BCUT2D eigenvalue weighted by atomic mass is 10.2. The molecule has 0 aliphatic rings. The molecule has 0 unspecified atom stereocenters. The molecule has 0 radical (unpaired) electrons. The number of imidazole rings is 1. The third-order valence-corrected chi connectivity index (χ3v) is 6.10. The number of hydrogen-bond acceptors (Lipinski definition) is 4. The lowest BCUT2D eigenvalue weighted by Crippen LogP contribution is -2.33. The molecule has 34 heavy (non-hydrogen) atoms. The second kappa shape index (κ2) is 9.30. The van der Waals surface area contributed by atoms with E-state index >= 15 is 0 Å². The Balaban J connectivity index is 1.23. The first kappa shape index (κ1) is 22.2. The number of aromatic nitrogens is 2. The Labute approximate surface area is 209 Å². The number of nitrogens with one attached hydrogen (secondary N) is 3. The number of para-hydroxylation sites is 2. The first-order valence-electron chi connectivity index (χ1n) is 10.2. The number of rotatable bonds is 4. The monoisotopic (exact) mass is 506 g/mol. The van der Waals surface area contributed by atoms with Crippen LogP contribution in [0.1, 0.15) is 10.6 Å². The van der Waals surface area contributed by atoms with Crippen molar-refractivity contribution in [2.75, 3.05) is 5.32 Å². The van der Waals surface area contributed by atoms with E-state index in [2.05, 4.69) is 20.6 Å². The van der Waals surface area contributed by atoms with Gasteiger partial charge in [-0.25, -0.2) is 4.98 Å². The van der Waals surface area contributed by atoms with Crippen molar-refractivity contribution in [2.45, 2.75) is 0 Å². The molecule has 2 aromatic heterocycles. The number of hydrogen-bond donors (Lipinski definition) is 3. The van der Waals surface area contributed by atoms with Crippen LogP contribution in [-0.2, 0) is 0 Å². The smallest absolute Gasteiger partial charge is 0.293 e. The number of furan rings is 1. The van der Waals surface area contributed by atoms with Gasteiger partial charge in [-0.15, -0.1) is 0 Å². The lowest BCUT2D eigenvalue weighted by molar-refractivity contribution is 0.0951. The summed E-state index contributed by atoms with van der Waals surface area (Å²) >= 11 is 17.6. The highest BCUT2D eigenvalue weighted by Gasteiger charge is 2.16. The van der Waals surface area contributed by atoms with Gasteiger partial charge in [0, 0.05) is 16.8 Å². The summed E-state index contributed by atoms with van der Waals surface area (Å²) in [5.41, 5.74) is 4.12. The summed E-state index contributed by atoms with van der Waals surface area (Å²) in [4.78, 5) is 20.5. The highest BCUT2D eigenvalue weighted by atomic mass is 35.5. The molecule has 1 amide bonds. The highest BCUT2D eigenvalue weighted by molar-refractivity contribution is 7.80. The van der Waals surface area contributed by atoms with Crippen molar-refractivity contribution in [1.29, 1.82) is 0 Å². The molecule has 0 atom stereocenters. The summed E-state index contributed by atoms with van der Waals surface area (Å²) in [6.45, 7) is 0. The van der Waals surface area contributed by atoms with Crippen molar-refractivity contribution >= 4 is 63.2 Å². The van der Waals surface area contributed by atoms with Gasteiger partial charge in [-0.1, -0.05) is 41.4 Å². The molecule has 5 rings (SSSR count). The fourth-order valence-corrected chi connectivity index (χ4v) is 4.03. The number of amides is 1. The molecule has 0 fully saturated rings. The zero-order valence-electron chi connectivity index (χ0n) is 17.4. The van der Waals surface area contributed by atoms with Crippen LogP contribution in [0.15, 0.2) is 83.3 Å². The van der Waals surface area contributed by atoms with Crippen LogP contribution in [0.25, 0.3) is 33.7 Å². The minimum Gasteiger partial charge on any atom is -0.451 e. The number of carbonyl (C=O) groups is 1. The molecule has 0 spiro atoms. The van der Waals surface area contributed by atoms with Crippen molar-refractivity contribution in [3.63, 3.8) is 0 Å². The Kier molecular flexibility index (Phi) is 6.06. The minimum absolute atomic E-state index is 0.0930. The van der Waals surface area contributed by atoms with Crippen molar-refractivity contribution in [2.24, 2.45) is 0 Å². The van der Waals surface area contributed by atoms with Crippen LogP contribution in [0.4, 0.5) is 5.69 Å². The van der Waals surface area contributed by atoms with Crippen LogP contribution < -0.4 is 10.6 Å². The Morgan fingerprint density at radius 3 is 2.53 bits per heavy atom. The SMILES string of the molecule is O=C(NC(=S)Nc1ccc(-c2nc3ccccc3[nH]2)cc1)c1ccc(-c2cccc(Cl)c2Cl)o1. The predicted octanol–water partition coefficient (Wildman–Crippen LogP) is 6.92. The van der Waals surface area contributed by atoms with Crippen LogP contribution in [0.3, 0.4) is 0 Å². The number of thiocarbonyl (C=S) groups is 1. The van der Waals surface area contributed by atoms with Gasteiger partial charge in [0.25, 0.3) is 5.91 Å². The van der Waals surface area contributed by atoms with E-state index in [4.69, 9.17) is 39.8 Å². The largest absolute Gasteiger partial charge is 0.451 e. The zero-order valence-corrected chi connectivity index (χ0v) is 19.8. The summed E-state index contributed by atoms with van der Waals surface area (Å²) < 4.78 is 5.66. The van der Waals surface area contributed by atoms with E-state index in [-0.39, 0.29) is 10.9 Å². The van der Waals surface area contributed by atoms with Crippen LogP contribution in [0.2, 0.25) is 10.0 Å². The molecule has 3 aromatic carbocycles. The summed E-state index contributed by atoms with van der Waals surface area (Å²) in [5, 5.41) is 6.50. The third kappa shape index (κ3) is 4.54. The summed E-state index contributed by atoms with van der Waals surface area (Å²) in [6.07, 6.45) is 0. The molecule has 0 aliphatic heterocycles. The van der Waals surface area contributed by atoms with Crippen LogP contribution >= 0.6 is 35.4 Å².